The van der Waals surface area contributed by atoms with Crippen LogP contribution in [0.4, 0.5) is 34.1 Å². The van der Waals surface area contributed by atoms with Crippen molar-refractivity contribution in [3.63, 3.8) is 0 Å². The number of rotatable bonds is 8. The summed E-state index contributed by atoms with van der Waals surface area (Å²) in [6, 6.07) is 77.3. The molecule has 0 radical (unpaired) electrons. The van der Waals surface area contributed by atoms with Gasteiger partial charge >= 0.3 is 0 Å². The smallest absolute Gasteiger partial charge is 0.277 e. The van der Waals surface area contributed by atoms with Gasteiger partial charge in [-0.25, -0.2) is 0 Å². The highest BCUT2D eigenvalue weighted by Gasteiger charge is 2.50. The molecule has 0 spiro atoms. The molecule has 0 bridgehead atoms. The fourth-order valence-corrected chi connectivity index (χ4v) is 20.7. The van der Waals surface area contributed by atoms with Gasteiger partial charge in [0.25, 0.3) is 6.71 Å². The SMILES string of the molecule is C[Si](C)(C)c1ccc(N2c3cc([Si](c4ccccc4)(c4ccccc4)c4ccccc4)cc4c3B(c3sc5ccccc5c32)c2sc3ccccc3c2N4c2ccc([Si](C)(C)C)cc2)cc1. The molecule has 2 aliphatic heterocycles. The van der Waals surface area contributed by atoms with Gasteiger partial charge in [0.15, 0.2) is 8.07 Å². The number of hydrogen-bond donors (Lipinski definition) is 0. The first-order chi connectivity index (χ1) is 32.0. The number of benzene rings is 8. The minimum atomic E-state index is -3.03. The highest BCUT2D eigenvalue weighted by Crippen LogP contribution is 2.50. The summed E-state index contributed by atoms with van der Waals surface area (Å²) in [6.07, 6.45) is 0. The first kappa shape index (κ1) is 41.4. The van der Waals surface area contributed by atoms with E-state index in [0.29, 0.717) is 0 Å². The average Bonchev–Trinajstić information content (AvgIpc) is 3.92. The van der Waals surface area contributed by atoms with Crippen LogP contribution in [0.2, 0.25) is 39.3 Å². The minimum absolute atomic E-state index is 0.0557. The van der Waals surface area contributed by atoms with Crippen LogP contribution in [0.1, 0.15) is 0 Å². The first-order valence-corrected chi connectivity index (χ1v) is 33.8. The van der Waals surface area contributed by atoms with Crippen LogP contribution in [-0.4, -0.2) is 30.9 Å². The van der Waals surface area contributed by atoms with Gasteiger partial charge in [0.1, 0.15) is 0 Å². The van der Waals surface area contributed by atoms with E-state index < -0.39 is 24.2 Å². The molecule has 0 saturated carbocycles. The summed E-state index contributed by atoms with van der Waals surface area (Å²) in [7, 11) is -6.18. The van der Waals surface area contributed by atoms with Crippen LogP contribution >= 0.6 is 22.7 Å². The maximum absolute atomic E-state index is 3.03. The predicted octanol–water partition coefficient (Wildman–Crippen LogP) is 10.7. The summed E-state index contributed by atoms with van der Waals surface area (Å²) < 4.78 is 5.50. The second-order valence-electron chi connectivity index (χ2n) is 20.1. The molecular weight excluding hydrogens is 884 g/mol. The molecule has 0 aliphatic carbocycles. The van der Waals surface area contributed by atoms with E-state index in [2.05, 4.69) is 249 Å². The van der Waals surface area contributed by atoms with Crippen molar-refractivity contribution < 1.29 is 0 Å². The van der Waals surface area contributed by atoms with Crippen molar-refractivity contribution in [3.8, 4) is 0 Å². The van der Waals surface area contributed by atoms with Gasteiger partial charge in [0.2, 0.25) is 0 Å². The summed E-state index contributed by atoms with van der Waals surface area (Å²) in [5, 5.41) is 11.1. The molecule has 0 atom stereocenters. The summed E-state index contributed by atoms with van der Waals surface area (Å²) in [5.74, 6) is 0. The molecular formula is C58H51BN2S2Si3. The first-order valence-electron chi connectivity index (χ1n) is 23.2. The third-order valence-electron chi connectivity index (χ3n) is 14.1. The monoisotopic (exact) mass is 934 g/mol. The van der Waals surface area contributed by atoms with Crippen LogP contribution in [0, 0.1) is 0 Å². The Balaban J connectivity index is 1.27. The average molecular weight is 935 g/mol. The molecule has 0 saturated heterocycles. The molecule has 0 N–H and O–H groups in total. The van der Waals surface area contributed by atoms with Crippen LogP contribution in [0.3, 0.4) is 0 Å². The van der Waals surface area contributed by atoms with E-state index in [1.165, 1.54) is 100 Å². The predicted molar refractivity (Wildman–Crippen MR) is 301 cm³/mol. The number of nitrogens with zero attached hydrogens (tertiary/aromatic N) is 2. The van der Waals surface area contributed by atoms with Gasteiger partial charge in [-0.3, -0.25) is 0 Å². The van der Waals surface area contributed by atoms with Gasteiger partial charge in [-0.2, -0.15) is 0 Å². The molecule has 8 aromatic carbocycles. The Hall–Kier alpha value is -6.00. The Bertz CT molecular complexity index is 3190. The second-order valence-corrected chi connectivity index (χ2v) is 36.2. The van der Waals surface area contributed by atoms with Crippen molar-refractivity contribution in [1.29, 1.82) is 0 Å². The normalized spacial score (nSPS) is 13.5. The Morgan fingerprint density at radius 2 is 0.712 bits per heavy atom. The molecule has 8 heteroatoms. The minimum Gasteiger partial charge on any atom is -0.310 e. The molecule has 0 fully saturated rings. The molecule has 4 heterocycles. The van der Waals surface area contributed by atoms with Crippen LogP contribution in [-0.2, 0) is 0 Å². The lowest BCUT2D eigenvalue weighted by Crippen LogP contribution is -2.75. The summed E-state index contributed by atoms with van der Waals surface area (Å²) in [6.45, 7) is 14.8. The zero-order chi connectivity index (χ0) is 45.0. The topological polar surface area (TPSA) is 6.48 Å². The summed E-state index contributed by atoms with van der Waals surface area (Å²) >= 11 is 3.97. The van der Waals surface area contributed by atoms with E-state index in [4.69, 9.17) is 0 Å². The number of thiophene rings is 2. The van der Waals surface area contributed by atoms with Crippen molar-refractivity contribution >= 4 is 154 Å². The number of hydrogen-bond acceptors (Lipinski definition) is 4. The van der Waals surface area contributed by atoms with Crippen molar-refractivity contribution in [2.24, 2.45) is 0 Å². The lowest BCUT2D eigenvalue weighted by molar-refractivity contribution is 1.28. The van der Waals surface area contributed by atoms with Gasteiger partial charge < -0.3 is 9.80 Å². The van der Waals surface area contributed by atoms with Gasteiger partial charge in [-0.1, -0.05) is 201 Å². The lowest BCUT2D eigenvalue weighted by Gasteiger charge is -2.44. The van der Waals surface area contributed by atoms with Gasteiger partial charge in [-0.15, -0.1) is 22.7 Å². The fraction of sp³-hybridized carbons (Fsp3) is 0.103. The molecule has 320 valence electrons. The zero-order valence-electron chi connectivity index (χ0n) is 38.3. The largest absolute Gasteiger partial charge is 0.310 e. The molecule has 2 nitrogen and oxygen atoms in total. The lowest BCUT2D eigenvalue weighted by atomic mass is 9.39. The van der Waals surface area contributed by atoms with E-state index in [9.17, 15) is 0 Å². The molecule has 66 heavy (non-hydrogen) atoms. The summed E-state index contributed by atoms with van der Waals surface area (Å²) in [4.78, 5) is 5.35. The van der Waals surface area contributed by atoms with Crippen LogP contribution in [0.15, 0.2) is 200 Å². The van der Waals surface area contributed by atoms with Crippen molar-refractivity contribution in [1.82, 2.24) is 0 Å². The Kier molecular flexibility index (Phi) is 9.76. The third-order valence-corrected chi connectivity index (χ3v) is 25.4. The van der Waals surface area contributed by atoms with Gasteiger partial charge in [-0.05, 0) is 74.7 Å². The van der Waals surface area contributed by atoms with E-state index in [0.717, 1.165) is 0 Å². The highest BCUT2D eigenvalue weighted by atomic mass is 32.1. The maximum Gasteiger partial charge on any atom is 0.277 e. The van der Waals surface area contributed by atoms with Crippen molar-refractivity contribution in [3.05, 3.63) is 200 Å². The van der Waals surface area contributed by atoms with E-state index >= 15 is 0 Å². The fourth-order valence-electron chi connectivity index (χ4n) is 10.9. The zero-order valence-corrected chi connectivity index (χ0v) is 43.0. The quantitative estimate of drug-likeness (QED) is 0.111. The van der Waals surface area contributed by atoms with Gasteiger partial charge in [0, 0.05) is 52.5 Å². The Labute approximate surface area is 400 Å². The molecule has 0 amide bonds. The maximum atomic E-state index is 2.67. The standard InChI is InChI=1S/C58H51BN2S2Si3/c1-64(2,3)42-34-30-40(31-35-42)60-50-38-47(66(44-20-10-7-11-21-44,45-22-12-8-13-23-45)46-24-14-9-15-25-46)39-51-54(50)59(57-55(60)48-26-16-18-28-52(48)62-57)58-56(49-27-17-19-29-53(49)63-58)61(51)41-32-36-43(37-33-41)65(4,5)6/h7-39H,1-6H3. The molecule has 2 aromatic heterocycles. The summed E-state index contributed by atoms with van der Waals surface area (Å²) in [5.41, 5.74) is 8.99. The van der Waals surface area contributed by atoms with Gasteiger partial charge in [0.05, 0.1) is 27.5 Å². The highest BCUT2D eigenvalue weighted by molar-refractivity contribution is 7.41. The van der Waals surface area contributed by atoms with E-state index in [1.807, 2.05) is 22.7 Å². The Morgan fingerprint density at radius 3 is 1.08 bits per heavy atom. The van der Waals surface area contributed by atoms with Crippen LogP contribution in [0.25, 0.3) is 20.2 Å². The molecule has 10 aromatic rings. The van der Waals surface area contributed by atoms with Crippen LogP contribution in [0.5, 0.6) is 0 Å². The molecule has 12 rings (SSSR count). The van der Waals surface area contributed by atoms with E-state index in [-0.39, 0.29) is 6.71 Å². The van der Waals surface area contributed by atoms with Crippen molar-refractivity contribution in [2.45, 2.75) is 39.3 Å². The Morgan fingerprint density at radius 1 is 0.364 bits per heavy atom. The van der Waals surface area contributed by atoms with E-state index in [1.54, 1.807) is 0 Å². The molecule has 2 aliphatic rings. The molecule has 0 unspecified atom stereocenters. The van der Waals surface area contributed by atoms with Crippen molar-refractivity contribution in [2.75, 3.05) is 9.80 Å². The number of fused-ring (bicyclic) bond motifs is 8. The third kappa shape index (κ3) is 6.37. The second kappa shape index (κ2) is 15.5. The van der Waals surface area contributed by atoms with Crippen LogP contribution < -0.4 is 55.9 Å². The number of anilines is 6.